The zero-order valence-electron chi connectivity index (χ0n) is 4.10. The summed E-state index contributed by atoms with van der Waals surface area (Å²) in [7, 11) is 0. The molecule has 1 amide bonds. The average Bonchev–Trinajstić information content (AvgIpc) is 1.64. The van der Waals surface area contributed by atoms with Crippen molar-refractivity contribution in [3.63, 3.8) is 0 Å². The van der Waals surface area contributed by atoms with Gasteiger partial charge in [-0.2, -0.15) is 0 Å². The Bertz CT molecular complexity index is 134. The van der Waals surface area contributed by atoms with Gasteiger partial charge < -0.3 is 5.32 Å². The van der Waals surface area contributed by atoms with Gasteiger partial charge >= 0.3 is 0 Å². The summed E-state index contributed by atoms with van der Waals surface area (Å²) in [6, 6.07) is 0. The fourth-order valence-electron chi connectivity index (χ4n) is 0.447. The van der Waals surface area contributed by atoms with Crippen LogP contribution in [0, 0.1) is 0 Å². The van der Waals surface area contributed by atoms with Gasteiger partial charge in [0.15, 0.2) is 0 Å². The van der Waals surface area contributed by atoms with Crippen LogP contribution < -0.4 is 5.32 Å². The second-order valence-corrected chi connectivity index (χ2v) is 1.88. The minimum Gasteiger partial charge on any atom is -0.330 e. The fraction of sp³-hybridized carbons (Fsp3) is 0.250. The van der Waals surface area contributed by atoms with Crippen molar-refractivity contribution in [1.29, 1.82) is 0 Å². The number of hydrogen-bond donors (Lipinski definition) is 1. The first-order chi connectivity index (χ1) is 3.79. The van der Waals surface area contributed by atoms with Crippen LogP contribution in [-0.4, -0.2) is 16.9 Å². The van der Waals surface area contributed by atoms with Crippen molar-refractivity contribution in [3.05, 3.63) is 12.4 Å². The smallest absolute Gasteiger partial charge is 0.244 e. The van der Waals surface area contributed by atoms with Gasteiger partial charge in [0.25, 0.3) is 0 Å². The quantitative estimate of drug-likeness (QED) is 0.472. The third-order valence-corrected chi connectivity index (χ3v) is 1.01. The van der Waals surface area contributed by atoms with Crippen LogP contribution in [0.25, 0.3) is 0 Å². The number of amides is 1. The van der Waals surface area contributed by atoms with E-state index in [1.165, 1.54) is 10.6 Å². The maximum Gasteiger partial charge on any atom is 0.244 e. The molecule has 0 unspecified atom stereocenters. The molecule has 0 aliphatic carbocycles. The number of carbonyl (C=O) groups is 1. The van der Waals surface area contributed by atoms with E-state index in [0.29, 0.717) is 0 Å². The first-order valence-electron chi connectivity index (χ1n) is 2.17. The van der Waals surface area contributed by atoms with E-state index >= 15 is 0 Å². The van der Waals surface area contributed by atoms with Gasteiger partial charge in [-0.3, -0.25) is 9.21 Å². The van der Waals surface area contributed by atoms with Crippen LogP contribution in [0.5, 0.6) is 0 Å². The molecule has 0 aromatic carbocycles. The van der Waals surface area contributed by atoms with Gasteiger partial charge in [0, 0.05) is 24.2 Å². The van der Waals surface area contributed by atoms with Crippen molar-refractivity contribution >= 4 is 17.7 Å². The lowest BCUT2D eigenvalue weighted by molar-refractivity contribution is -0.120. The Morgan fingerprint density at radius 2 is 2.62 bits per heavy atom. The predicted octanol–water partition coefficient (Wildman–Crippen LogP) is 0.0432. The van der Waals surface area contributed by atoms with Gasteiger partial charge in [0.05, 0.1) is 0 Å². The third kappa shape index (κ3) is 1.13. The number of hydrogen-bond acceptors (Lipinski definition) is 2. The molecule has 4 heteroatoms. The largest absolute Gasteiger partial charge is 0.330 e. The molecule has 8 heavy (non-hydrogen) atoms. The summed E-state index contributed by atoms with van der Waals surface area (Å²) in [5, 5.41) is 2.47. The Morgan fingerprint density at radius 3 is 3.00 bits per heavy atom. The van der Waals surface area contributed by atoms with E-state index < -0.39 is 0 Å². The minimum absolute atomic E-state index is 0.0810. The molecule has 0 radical (unpaired) electrons. The van der Waals surface area contributed by atoms with Crippen molar-refractivity contribution in [3.8, 4) is 0 Å². The second-order valence-electron chi connectivity index (χ2n) is 1.44. The van der Waals surface area contributed by atoms with Gasteiger partial charge in [0.1, 0.15) is 6.54 Å². The number of nitrogens with zero attached hydrogens (tertiary/aromatic N) is 1. The predicted molar refractivity (Wildman–Crippen MR) is 29.8 cm³/mol. The van der Waals surface area contributed by atoms with E-state index in [4.69, 9.17) is 11.8 Å². The Hall–Kier alpha value is -0.700. The second kappa shape index (κ2) is 2.05. The molecule has 0 aromatic heterocycles. The summed E-state index contributed by atoms with van der Waals surface area (Å²) in [4.78, 5) is 10.4. The molecule has 1 aliphatic rings. The summed E-state index contributed by atoms with van der Waals surface area (Å²) in [6.07, 6.45) is 3.09. The van der Waals surface area contributed by atoms with E-state index in [1.807, 2.05) is 0 Å². The number of rotatable bonds is 0. The topological polar surface area (TPSA) is 32.3 Å². The van der Waals surface area contributed by atoms with E-state index in [9.17, 15) is 4.79 Å². The molecule has 0 atom stereocenters. The maximum absolute atomic E-state index is 10.4. The molecule has 0 aromatic rings. The lowest BCUT2D eigenvalue weighted by Gasteiger charge is -2.12. The maximum atomic E-state index is 10.4. The number of halogens is 1. The molecule has 0 saturated heterocycles. The fourth-order valence-corrected chi connectivity index (χ4v) is 0.612. The van der Waals surface area contributed by atoms with Crippen molar-refractivity contribution in [2.24, 2.45) is 0 Å². The van der Waals surface area contributed by atoms with Crippen LogP contribution in [0.4, 0.5) is 0 Å². The molecule has 0 fully saturated rings. The standard InChI is InChI=1S/C4H5ClN2O/c5-7-2-1-6-4(8)3-7/h1-2H,3H2,(H,6,8). The van der Waals surface area contributed by atoms with Gasteiger partial charge in [-0.1, -0.05) is 0 Å². The highest BCUT2D eigenvalue weighted by Gasteiger charge is 2.06. The molecule has 3 nitrogen and oxygen atoms in total. The summed E-state index contributed by atoms with van der Waals surface area (Å²) in [5.74, 6) is -0.0810. The Morgan fingerprint density at radius 1 is 1.88 bits per heavy atom. The van der Waals surface area contributed by atoms with Crippen molar-refractivity contribution in [1.82, 2.24) is 9.74 Å². The Kier molecular flexibility index (Phi) is 1.39. The van der Waals surface area contributed by atoms with Crippen LogP contribution in [0.1, 0.15) is 0 Å². The monoisotopic (exact) mass is 132 g/mol. The van der Waals surface area contributed by atoms with Crippen LogP contribution in [0.15, 0.2) is 12.4 Å². The molecule has 1 heterocycles. The molecule has 1 aliphatic heterocycles. The molecule has 0 bridgehead atoms. The van der Waals surface area contributed by atoms with E-state index in [0.717, 1.165) is 0 Å². The minimum atomic E-state index is -0.0810. The van der Waals surface area contributed by atoms with Crippen molar-refractivity contribution in [2.45, 2.75) is 0 Å². The summed E-state index contributed by atoms with van der Waals surface area (Å²) in [5.41, 5.74) is 0. The summed E-state index contributed by atoms with van der Waals surface area (Å²) >= 11 is 5.40. The Labute approximate surface area is 52.0 Å². The summed E-state index contributed by atoms with van der Waals surface area (Å²) < 4.78 is 1.29. The lowest BCUT2D eigenvalue weighted by atomic mass is 10.5. The van der Waals surface area contributed by atoms with Crippen LogP contribution in [-0.2, 0) is 4.79 Å². The van der Waals surface area contributed by atoms with E-state index in [2.05, 4.69) is 5.32 Å². The first kappa shape index (κ1) is 5.44. The zero-order chi connectivity index (χ0) is 5.98. The molecule has 44 valence electrons. The molecule has 0 spiro atoms. The Balaban J connectivity index is 2.54. The van der Waals surface area contributed by atoms with Crippen LogP contribution in [0.3, 0.4) is 0 Å². The summed E-state index contributed by atoms with van der Waals surface area (Å²) in [6.45, 7) is 0.234. The van der Waals surface area contributed by atoms with Crippen LogP contribution in [0.2, 0.25) is 0 Å². The highest BCUT2D eigenvalue weighted by molar-refractivity contribution is 6.15. The van der Waals surface area contributed by atoms with Gasteiger partial charge in [-0.25, -0.2) is 0 Å². The van der Waals surface area contributed by atoms with E-state index in [-0.39, 0.29) is 12.5 Å². The lowest BCUT2D eigenvalue weighted by Crippen LogP contribution is -2.31. The van der Waals surface area contributed by atoms with Gasteiger partial charge in [-0.05, 0) is 0 Å². The highest BCUT2D eigenvalue weighted by atomic mass is 35.5. The van der Waals surface area contributed by atoms with E-state index in [1.54, 1.807) is 6.20 Å². The van der Waals surface area contributed by atoms with Crippen LogP contribution >= 0.6 is 11.8 Å². The van der Waals surface area contributed by atoms with Gasteiger partial charge in [-0.15, -0.1) is 0 Å². The van der Waals surface area contributed by atoms with Crippen molar-refractivity contribution < 1.29 is 4.79 Å². The normalized spacial score (nSPS) is 18.6. The zero-order valence-corrected chi connectivity index (χ0v) is 4.85. The highest BCUT2D eigenvalue weighted by Crippen LogP contribution is 1.96. The van der Waals surface area contributed by atoms with Crippen molar-refractivity contribution in [2.75, 3.05) is 6.54 Å². The molecule has 1 N–H and O–H groups in total. The molecule has 1 rings (SSSR count). The average molecular weight is 133 g/mol. The number of nitrogens with one attached hydrogen (secondary N) is 1. The SMILES string of the molecule is O=C1CN(Cl)C=CN1. The van der Waals surface area contributed by atoms with Gasteiger partial charge in [0.2, 0.25) is 5.91 Å². The molecular weight excluding hydrogens is 128 g/mol. The third-order valence-electron chi connectivity index (χ3n) is 0.775. The molecular formula is C4H5ClN2O. The first-order valence-corrected chi connectivity index (χ1v) is 2.51. The number of carbonyl (C=O) groups excluding carboxylic acids is 1. The molecule has 0 saturated carbocycles.